The molecule has 3 aliphatic carbocycles. The minimum Gasteiger partial charge on any atom is -0.508 e. The fourth-order valence-electron chi connectivity index (χ4n) is 7.62. The lowest BCUT2D eigenvalue weighted by Gasteiger charge is -2.50. The molecule has 1 aromatic heterocycles. The predicted molar refractivity (Wildman–Crippen MR) is 180 cm³/mol. The number of ketones is 2. The number of benzene rings is 2. The fourth-order valence-corrected chi connectivity index (χ4v) is 7.62. The van der Waals surface area contributed by atoms with E-state index in [2.05, 4.69) is 6.92 Å². The van der Waals surface area contributed by atoms with E-state index in [1.807, 2.05) is 49.3 Å². The van der Waals surface area contributed by atoms with Crippen LogP contribution in [0.5, 0.6) is 5.75 Å². The number of carbonyl (C=O) groups excluding carboxylic acids is 3. The Morgan fingerprint density at radius 2 is 1.81 bits per heavy atom. The zero-order chi connectivity index (χ0) is 34.7. The number of rotatable bonds is 10. The molecule has 1 fully saturated rings. The molecular formula is C36H42N4O8. The van der Waals surface area contributed by atoms with E-state index in [1.165, 1.54) is 11.3 Å². The van der Waals surface area contributed by atoms with Gasteiger partial charge in [-0.25, -0.2) is 4.98 Å². The number of hydrogen-bond acceptors (Lipinski definition) is 11. The number of unbranched alkanes of at least 4 members (excludes halogenated alkanes) is 3. The van der Waals surface area contributed by atoms with Gasteiger partial charge in [0.15, 0.2) is 17.0 Å². The summed E-state index contributed by atoms with van der Waals surface area (Å²) >= 11 is 0. The average molecular weight is 659 g/mol. The van der Waals surface area contributed by atoms with Gasteiger partial charge in [0.2, 0.25) is 11.7 Å². The Hall–Kier alpha value is -4.68. The number of aliphatic hydroxyl groups is 3. The van der Waals surface area contributed by atoms with Crippen LogP contribution in [0.2, 0.25) is 0 Å². The molecule has 0 aliphatic heterocycles. The van der Waals surface area contributed by atoms with Crippen molar-refractivity contribution in [3.05, 3.63) is 58.4 Å². The highest BCUT2D eigenvalue weighted by Crippen LogP contribution is 2.53. The van der Waals surface area contributed by atoms with Crippen molar-refractivity contribution >= 4 is 40.0 Å². The molecule has 0 unspecified atom stereocenters. The molecule has 3 aliphatic rings. The number of carbonyl (C=O) groups is 3. The van der Waals surface area contributed by atoms with Gasteiger partial charge in [0.05, 0.1) is 18.2 Å². The number of aliphatic hydroxyl groups excluding tert-OH is 2. The molecule has 254 valence electrons. The van der Waals surface area contributed by atoms with E-state index in [4.69, 9.17) is 19.9 Å². The number of likely N-dealkylation sites (N-methyl/N-ethyl adjacent to an activating group) is 1. The third kappa shape index (κ3) is 5.14. The van der Waals surface area contributed by atoms with Gasteiger partial charge in [-0.1, -0.05) is 26.2 Å². The van der Waals surface area contributed by atoms with Crippen LogP contribution in [0.3, 0.4) is 0 Å². The molecule has 12 heteroatoms. The van der Waals surface area contributed by atoms with E-state index in [0.717, 1.165) is 30.7 Å². The Labute approximate surface area is 278 Å². The first-order chi connectivity index (χ1) is 22.8. The minimum atomic E-state index is -2.66. The Kier molecular flexibility index (Phi) is 8.59. The fraction of sp³-hybridized carbons (Fsp3) is 0.444. The number of Topliss-reactive ketones (excluding diaryl/α,β-unsaturated/α-hetero) is 2. The molecule has 12 nitrogen and oxygen atoms in total. The van der Waals surface area contributed by atoms with Crippen molar-refractivity contribution in [2.24, 2.45) is 17.6 Å². The first-order valence-corrected chi connectivity index (χ1v) is 16.3. The summed E-state index contributed by atoms with van der Waals surface area (Å²) in [6.45, 7) is 2.80. The number of anilines is 1. The second-order valence-electron chi connectivity index (χ2n) is 13.4. The smallest absolute Gasteiger partial charge is 0.255 e. The maximum Gasteiger partial charge on any atom is 0.255 e. The summed E-state index contributed by atoms with van der Waals surface area (Å²) in [4.78, 5) is 48.1. The number of fused-ring (bicyclic) bond motifs is 5. The summed E-state index contributed by atoms with van der Waals surface area (Å²) in [6, 6.07) is 8.14. The van der Waals surface area contributed by atoms with Crippen LogP contribution in [-0.4, -0.2) is 89.1 Å². The predicted octanol–water partition coefficient (Wildman–Crippen LogP) is 4.09. The Bertz CT molecular complexity index is 1870. The second kappa shape index (κ2) is 12.4. The molecule has 1 amide bonds. The molecule has 0 saturated heterocycles. The van der Waals surface area contributed by atoms with Crippen LogP contribution >= 0.6 is 0 Å². The number of aromatic nitrogens is 1. The lowest BCUT2D eigenvalue weighted by molar-refractivity contribution is -0.153. The van der Waals surface area contributed by atoms with Crippen molar-refractivity contribution in [3.63, 3.8) is 0 Å². The van der Waals surface area contributed by atoms with Gasteiger partial charge in [-0.3, -0.25) is 19.3 Å². The highest BCUT2D eigenvalue weighted by Gasteiger charge is 2.64. The first-order valence-electron chi connectivity index (χ1n) is 16.3. The molecular weight excluding hydrogens is 616 g/mol. The van der Waals surface area contributed by atoms with E-state index >= 15 is 0 Å². The summed E-state index contributed by atoms with van der Waals surface area (Å²) < 4.78 is 12.2. The van der Waals surface area contributed by atoms with Gasteiger partial charge in [0, 0.05) is 36.8 Å². The third-order valence-corrected chi connectivity index (χ3v) is 9.93. The molecule has 0 spiro atoms. The standard InChI is InChI=1S/C36H42N4O8/c1-6-7-8-9-14-47-20-12-10-18(11-13-20)35-38-23-17-24(39(2)3)21-15-19-16-22-28(40(4)5)30(42)27(34(37)45)33(44)36(22,46)32(43)25(19)29(41)26(21)31(23)48-35/h10-13,17,19,22,28,41,44,46H,6-9,14-16H2,1-5H3,(H2,37,45)/t19-,22-,28-,36-/m0/s1. The zero-order valence-corrected chi connectivity index (χ0v) is 27.9. The van der Waals surface area contributed by atoms with Crippen LogP contribution in [-0.2, 0) is 20.8 Å². The molecule has 3 aromatic rings. The quantitative estimate of drug-likeness (QED) is 0.182. The monoisotopic (exact) mass is 658 g/mol. The molecule has 4 atom stereocenters. The van der Waals surface area contributed by atoms with E-state index in [-0.39, 0.29) is 29.6 Å². The topological polar surface area (TPSA) is 180 Å². The summed E-state index contributed by atoms with van der Waals surface area (Å²) in [5.74, 6) is -5.18. The SMILES string of the molecule is CCCCCCOc1ccc(-c2nc3cc(N(C)C)c4c(c3o2)C(O)=C2C(=O)[C@]3(O)C(O)=C(C(N)=O)C(=O)[C@@H](N(C)C)[C@@H]3C[C@@H]2C4)cc1. The van der Waals surface area contributed by atoms with Crippen molar-refractivity contribution in [2.45, 2.75) is 57.1 Å². The zero-order valence-electron chi connectivity index (χ0n) is 27.9. The molecule has 0 radical (unpaired) electrons. The van der Waals surface area contributed by atoms with Gasteiger partial charge in [-0.15, -0.1) is 0 Å². The van der Waals surface area contributed by atoms with E-state index < -0.39 is 58.0 Å². The van der Waals surface area contributed by atoms with Gasteiger partial charge in [-0.05, 0) is 75.2 Å². The summed E-state index contributed by atoms with van der Waals surface area (Å²) in [6.07, 6.45) is 4.77. The number of nitrogens with two attached hydrogens (primary N) is 1. The van der Waals surface area contributed by atoms with Crippen LogP contribution in [0, 0.1) is 11.8 Å². The molecule has 6 rings (SSSR count). The van der Waals surface area contributed by atoms with Gasteiger partial charge in [0.1, 0.15) is 28.4 Å². The van der Waals surface area contributed by atoms with Crippen molar-refractivity contribution in [2.75, 3.05) is 39.7 Å². The third-order valence-electron chi connectivity index (χ3n) is 9.93. The Morgan fingerprint density at radius 3 is 2.44 bits per heavy atom. The van der Waals surface area contributed by atoms with Crippen LogP contribution in [0.1, 0.15) is 50.2 Å². The number of primary amides is 1. The first kappa shape index (κ1) is 33.2. The van der Waals surface area contributed by atoms with Crippen molar-refractivity contribution < 1.29 is 38.9 Å². The van der Waals surface area contributed by atoms with E-state index in [0.29, 0.717) is 29.1 Å². The van der Waals surface area contributed by atoms with Gasteiger partial charge in [-0.2, -0.15) is 0 Å². The number of hydrogen-bond donors (Lipinski definition) is 4. The number of oxazole rings is 1. The number of amides is 1. The van der Waals surface area contributed by atoms with Crippen LogP contribution in [0.25, 0.3) is 28.3 Å². The van der Waals surface area contributed by atoms with Crippen LogP contribution in [0.15, 0.2) is 51.7 Å². The maximum atomic E-state index is 14.3. The normalized spacial score (nSPS) is 23.8. The molecule has 0 bridgehead atoms. The maximum absolute atomic E-state index is 14.3. The van der Waals surface area contributed by atoms with Crippen LogP contribution in [0.4, 0.5) is 5.69 Å². The van der Waals surface area contributed by atoms with E-state index in [1.54, 1.807) is 14.1 Å². The van der Waals surface area contributed by atoms with Crippen molar-refractivity contribution in [1.29, 1.82) is 0 Å². The molecule has 5 N–H and O–H groups in total. The van der Waals surface area contributed by atoms with Gasteiger partial charge in [0.25, 0.3) is 5.91 Å². The van der Waals surface area contributed by atoms with Crippen LogP contribution < -0.4 is 15.4 Å². The lowest BCUT2D eigenvalue weighted by atomic mass is 9.57. The Balaban J connectivity index is 1.44. The lowest BCUT2D eigenvalue weighted by Crippen LogP contribution is -2.65. The largest absolute Gasteiger partial charge is 0.508 e. The average Bonchev–Trinajstić information content (AvgIpc) is 3.46. The summed E-state index contributed by atoms with van der Waals surface area (Å²) in [5.41, 5.74) is 4.99. The highest BCUT2D eigenvalue weighted by atomic mass is 16.5. The molecule has 1 heterocycles. The van der Waals surface area contributed by atoms with E-state index in [9.17, 15) is 29.7 Å². The van der Waals surface area contributed by atoms with Gasteiger partial charge >= 0.3 is 0 Å². The summed E-state index contributed by atoms with van der Waals surface area (Å²) in [7, 11) is 6.90. The summed E-state index contributed by atoms with van der Waals surface area (Å²) in [5, 5.41) is 35.0. The number of ether oxygens (including phenoxy) is 1. The highest BCUT2D eigenvalue weighted by molar-refractivity contribution is 6.24. The van der Waals surface area contributed by atoms with Gasteiger partial charge < -0.3 is 35.1 Å². The minimum absolute atomic E-state index is 0.0609. The molecule has 1 saturated carbocycles. The molecule has 48 heavy (non-hydrogen) atoms. The second-order valence-corrected chi connectivity index (χ2v) is 13.4. The van der Waals surface area contributed by atoms with Crippen molar-refractivity contribution in [3.8, 4) is 17.2 Å². The number of nitrogens with zero attached hydrogens (tertiary/aromatic N) is 3. The Morgan fingerprint density at radius 1 is 1.10 bits per heavy atom. The molecule has 2 aromatic carbocycles. The van der Waals surface area contributed by atoms with Crippen molar-refractivity contribution in [1.82, 2.24) is 9.88 Å².